The van der Waals surface area contributed by atoms with E-state index in [9.17, 15) is 14.4 Å². The number of furan rings is 1. The predicted octanol–water partition coefficient (Wildman–Crippen LogP) is 4.54. The zero-order chi connectivity index (χ0) is 24.0. The van der Waals surface area contributed by atoms with Crippen molar-refractivity contribution < 1.29 is 23.5 Å². The Hall–Kier alpha value is -3.66. The molecule has 0 radical (unpaired) electrons. The lowest BCUT2D eigenvalue weighted by Crippen LogP contribution is -2.33. The third-order valence-electron chi connectivity index (χ3n) is 4.19. The van der Waals surface area contributed by atoms with Crippen LogP contribution in [0.15, 0.2) is 52.5 Å². The number of amides is 3. The molecular formula is C23H26N4O5S. The van der Waals surface area contributed by atoms with E-state index >= 15 is 0 Å². The van der Waals surface area contributed by atoms with E-state index in [1.807, 2.05) is 26.8 Å². The molecule has 10 heteroatoms. The van der Waals surface area contributed by atoms with Gasteiger partial charge in [-0.1, -0.05) is 12.1 Å². The molecule has 2 aromatic heterocycles. The van der Waals surface area contributed by atoms with Crippen LogP contribution >= 0.6 is 11.3 Å². The lowest BCUT2D eigenvalue weighted by atomic mass is 10.2. The molecule has 0 bridgehead atoms. The van der Waals surface area contributed by atoms with Gasteiger partial charge in [0.15, 0.2) is 10.9 Å². The summed E-state index contributed by atoms with van der Waals surface area (Å²) >= 11 is 1.23. The number of hydrogen-bond acceptors (Lipinski definition) is 7. The third kappa shape index (κ3) is 7.46. The van der Waals surface area contributed by atoms with Gasteiger partial charge in [-0.15, -0.1) is 11.3 Å². The summed E-state index contributed by atoms with van der Waals surface area (Å²) in [5.74, 6) is -0.470. The average Bonchev–Trinajstić information content (AvgIpc) is 3.39. The van der Waals surface area contributed by atoms with Crippen molar-refractivity contribution in [1.82, 2.24) is 9.88 Å². The topological polar surface area (TPSA) is 114 Å². The van der Waals surface area contributed by atoms with E-state index in [-0.39, 0.29) is 18.1 Å². The van der Waals surface area contributed by atoms with Gasteiger partial charge in [-0.05, 0) is 50.6 Å². The molecule has 0 unspecified atom stereocenters. The molecule has 33 heavy (non-hydrogen) atoms. The summed E-state index contributed by atoms with van der Waals surface area (Å²) in [5.41, 5.74) is 1.42. The van der Waals surface area contributed by atoms with Crippen molar-refractivity contribution in [2.45, 2.75) is 39.3 Å². The first kappa shape index (κ1) is 24.0. The van der Waals surface area contributed by atoms with Gasteiger partial charge in [0.05, 0.1) is 18.4 Å². The van der Waals surface area contributed by atoms with Crippen molar-refractivity contribution in [3.8, 4) is 0 Å². The Morgan fingerprint density at radius 2 is 1.94 bits per heavy atom. The molecule has 1 aromatic carbocycles. The van der Waals surface area contributed by atoms with Gasteiger partial charge in [0.1, 0.15) is 5.60 Å². The monoisotopic (exact) mass is 470 g/mol. The molecule has 0 atom stereocenters. The molecule has 0 spiro atoms. The van der Waals surface area contributed by atoms with E-state index in [1.54, 1.807) is 42.8 Å². The number of nitrogens with zero attached hydrogens (tertiary/aromatic N) is 2. The molecule has 0 aliphatic heterocycles. The molecule has 174 valence electrons. The molecule has 3 aromatic rings. The van der Waals surface area contributed by atoms with Crippen LogP contribution in [0.3, 0.4) is 0 Å². The van der Waals surface area contributed by atoms with E-state index in [0.29, 0.717) is 23.1 Å². The molecule has 2 N–H and O–H groups in total. The molecule has 3 rings (SSSR count). The van der Waals surface area contributed by atoms with E-state index < -0.39 is 17.6 Å². The van der Waals surface area contributed by atoms with Crippen LogP contribution in [-0.2, 0) is 22.5 Å². The van der Waals surface area contributed by atoms with E-state index in [2.05, 4.69) is 15.6 Å². The summed E-state index contributed by atoms with van der Waals surface area (Å²) in [7, 11) is 1.66. The van der Waals surface area contributed by atoms with Crippen molar-refractivity contribution in [2.24, 2.45) is 0 Å². The normalized spacial score (nSPS) is 11.0. The zero-order valence-corrected chi connectivity index (χ0v) is 19.7. The summed E-state index contributed by atoms with van der Waals surface area (Å²) in [6, 6.07) is 10.4. The fourth-order valence-corrected chi connectivity index (χ4v) is 3.51. The number of carbonyl (C=O) groups is 3. The smallest absolute Gasteiger partial charge is 0.410 e. The number of thiazole rings is 1. The highest BCUT2D eigenvalue weighted by atomic mass is 32.1. The lowest BCUT2D eigenvalue weighted by Gasteiger charge is -2.24. The summed E-state index contributed by atoms with van der Waals surface area (Å²) in [6.45, 7) is 5.77. The second-order valence-electron chi connectivity index (χ2n) is 8.34. The van der Waals surface area contributed by atoms with Gasteiger partial charge >= 0.3 is 6.09 Å². The number of aromatic nitrogens is 1. The number of carbonyl (C=O) groups excluding carboxylic acids is 3. The Balaban J connectivity index is 1.53. The molecular weight excluding hydrogens is 444 g/mol. The standard InChI is InChI=1S/C23H26N4O5S/c1-23(2,3)32-22(30)27(4)13-15-7-5-8-16(11-15)24-19(28)12-17-14-33-21(25-17)26-20(29)18-9-6-10-31-18/h5-11,14H,12-13H2,1-4H3,(H,24,28)(H,25,26,29). The second kappa shape index (κ2) is 10.3. The Morgan fingerprint density at radius 3 is 2.64 bits per heavy atom. The van der Waals surface area contributed by atoms with Gasteiger partial charge in [0.2, 0.25) is 5.91 Å². The van der Waals surface area contributed by atoms with Gasteiger partial charge in [-0.3, -0.25) is 14.9 Å². The first-order chi connectivity index (χ1) is 15.6. The van der Waals surface area contributed by atoms with Crippen LogP contribution < -0.4 is 10.6 Å². The molecule has 0 saturated heterocycles. The fourth-order valence-electron chi connectivity index (χ4n) is 2.81. The first-order valence-electron chi connectivity index (χ1n) is 10.2. The van der Waals surface area contributed by atoms with Crippen LogP contribution in [0.5, 0.6) is 0 Å². The number of ether oxygens (including phenoxy) is 1. The number of nitrogens with one attached hydrogen (secondary N) is 2. The minimum absolute atomic E-state index is 0.0508. The van der Waals surface area contributed by atoms with Crippen LogP contribution in [0.2, 0.25) is 0 Å². The van der Waals surface area contributed by atoms with Crippen LogP contribution in [0.4, 0.5) is 15.6 Å². The minimum Gasteiger partial charge on any atom is -0.459 e. The molecule has 3 amide bonds. The number of hydrogen-bond donors (Lipinski definition) is 2. The van der Waals surface area contributed by atoms with Crippen LogP contribution in [0.25, 0.3) is 0 Å². The number of anilines is 2. The molecule has 2 heterocycles. The van der Waals surface area contributed by atoms with Crippen molar-refractivity contribution in [1.29, 1.82) is 0 Å². The maximum Gasteiger partial charge on any atom is 0.410 e. The van der Waals surface area contributed by atoms with E-state index in [0.717, 1.165) is 5.56 Å². The maximum atomic E-state index is 12.5. The molecule has 0 saturated carbocycles. The van der Waals surface area contributed by atoms with Gasteiger partial charge in [0, 0.05) is 24.7 Å². The van der Waals surface area contributed by atoms with Crippen molar-refractivity contribution >= 4 is 40.1 Å². The van der Waals surface area contributed by atoms with Crippen molar-refractivity contribution in [3.05, 3.63) is 65.1 Å². The highest BCUT2D eigenvalue weighted by Crippen LogP contribution is 2.19. The van der Waals surface area contributed by atoms with E-state index in [1.165, 1.54) is 22.5 Å². The summed E-state index contributed by atoms with van der Waals surface area (Å²) in [4.78, 5) is 42.4. The van der Waals surface area contributed by atoms with Gasteiger partial charge in [-0.2, -0.15) is 0 Å². The van der Waals surface area contributed by atoms with Gasteiger partial charge in [0.25, 0.3) is 5.91 Å². The first-order valence-corrected chi connectivity index (χ1v) is 11.1. The largest absolute Gasteiger partial charge is 0.459 e. The quantitative estimate of drug-likeness (QED) is 0.524. The third-order valence-corrected chi connectivity index (χ3v) is 5.00. The SMILES string of the molecule is CN(Cc1cccc(NC(=O)Cc2csc(NC(=O)c3ccco3)n2)c1)C(=O)OC(C)(C)C. The van der Waals surface area contributed by atoms with Crippen molar-refractivity contribution in [2.75, 3.05) is 17.7 Å². The lowest BCUT2D eigenvalue weighted by molar-refractivity contribution is -0.115. The average molecular weight is 471 g/mol. The Bertz CT molecular complexity index is 1120. The van der Waals surface area contributed by atoms with E-state index in [4.69, 9.17) is 9.15 Å². The fraction of sp³-hybridized carbons (Fsp3) is 0.304. The Labute approximate surface area is 195 Å². The maximum absolute atomic E-state index is 12.5. The highest BCUT2D eigenvalue weighted by Gasteiger charge is 2.20. The summed E-state index contributed by atoms with van der Waals surface area (Å²) in [5, 5.41) is 7.56. The molecule has 0 aliphatic rings. The predicted molar refractivity (Wildman–Crippen MR) is 125 cm³/mol. The van der Waals surface area contributed by atoms with Crippen LogP contribution in [-0.4, -0.2) is 40.4 Å². The van der Waals surface area contributed by atoms with Crippen molar-refractivity contribution in [3.63, 3.8) is 0 Å². The molecule has 0 fully saturated rings. The number of benzene rings is 1. The Morgan fingerprint density at radius 1 is 1.15 bits per heavy atom. The highest BCUT2D eigenvalue weighted by molar-refractivity contribution is 7.14. The van der Waals surface area contributed by atoms with Gasteiger partial charge in [-0.25, -0.2) is 9.78 Å². The van der Waals surface area contributed by atoms with Gasteiger partial charge < -0.3 is 19.4 Å². The summed E-state index contributed by atoms with van der Waals surface area (Å²) < 4.78 is 10.4. The van der Waals surface area contributed by atoms with Crippen LogP contribution in [0.1, 0.15) is 42.6 Å². The second-order valence-corrected chi connectivity index (χ2v) is 9.20. The number of rotatable bonds is 7. The minimum atomic E-state index is -0.571. The molecule has 0 aliphatic carbocycles. The Kier molecular flexibility index (Phi) is 7.49. The molecule has 9 nitrogen and oxygen atoms in total. The summed E-state index contributed by atoms with van der Waals surface area (Å²) in [6.07, 6.45) is 1.04. The van der Waals surface area contributed by atoms with Crippen LogP contribution in [0, 0.1) is 0 Å². The zero-order valence-electron chi connectivity index (χ0n) is 18.9.